The van der Waals surface area contributed by atoms with Gasteiger partial charge in [0.1, 0.15) is 18.1 Å². The molecule has 1 unspecified atom stereocenters. The number of likely N-dealkylation sites (tertiary alicyclic amines) is 1. The van der Waals surface area contributed by atoms with E-state index in [0.29, 0.717) is 56.7 Å². The van der Waals surface area contributed by atoms with Crippen LogP contribution in [0.25, 0.3) is 5.57 Å². The van der Waals surface area contributed by atoms with Gasteiger partial charge in [-0.15, -0.1) is 0 Å². The average molecular weight is 458 g/mol. The lowest BCUT2D eigenvalue weighted by molar-refractivity contribution is -0.140. The van der Waals surface area contributed by atoms with E-state index in [2.05, 4.69) is 0 Å². The minimum atomic E-state index is -4.45. The molecule has 0 saturated carbocycles. The topological polar surface area (TPSA) is 78.9 Å². The second-order valence-electron chi connectivity index (χ2n) is 8.20. The van der Waals surface area contributed by atoms with E-state index in [-0.39, 0.29) is 12.3 Å². The van der Waals surface area contributed by atoms with E-state index in [4.69, 9.17) is 9.84 Å². The molecule has 1 aromatic rings. The number of amides is 2. The maximum atomic E-state index is 14.7. The second-order valence-corrected chi connectivity index (χ2v) is 8.20. The van der Waals surface area contributed by atoms with Crippen molar-refractivity contribution in [3.05, 3.63) is 35.7 Å². The molecule has 0 bridgehead atoms. The Morgan fingerprint density at radius 1 is 1.19 bits per heavy atom. The normalized spacial score (nSPS) is 19.9. The van der Waals surface area contributed by atoms with Crippen molar-refractivity contribution in [3.63, 3.8) is 0 Å². The maximum Gasteiger partial charge on any atom is 0.407 e. The summed E-state index contributed by atoms with van der Waals surface area (Å²) in [6.45, 7) is -0.0581. The monoisotopic (exact) mass is 458 g/mol. The van der Waals surface area contributed by atoms with Gasteiger partial charge in [0.2, 0.25) is 5.91 Å². The Labute approximate surface area is 183 Å². The average Bonchev–Trinajstić information content (AvgIpc) is 2.76. The zero-order valence-electron chi connectivity index (χ0n) is 17.5. The van der Waals surface area contributed by atoms with Crippen molar-refractivity contribution in [1.29, 1.82) is 0 Å². The van der Waals surface area contributed by atoms with Gasteiger partial charge in [0.05, 0.1) is 6.61 Å². The van der Waals surface area contributed by atoms with Crippen molar-refractivity contribution in [2.75, 3.05) is 26.2 Å². The molecule has 2 amide bonds. The molecule has 1 fully saturated rings. The van der Waals surface area contributed by atoms with Crippen LogP contribution < -0.4 is 10.1 Å². The molecule has 0 spiro atoms. The van der Waals surface area contributed by atoms with Gasteiger partial charge >= 0.3 is 12.3 Å². The third-order valence-electron chi connectivity index (χ3n) is 5.90. The van der Waals surface area contributed by atoms with E-state index < -0.39 is 36.5 Å². The number of hydrogen-bond acceptors (Lipinski definition) is 3. The van der Waals surface area contributed by atoms with Gasteiger partial charge in [-0.1, -0.05) is 6.08 Å². The molecule has 176 valence electrons. The van der Waals surface area contributed by atoms with Gasteiger partial charge in [-0.25, -0.2) is 9.18 Å². The van der Waals surface area contributed by atoms with E-state index >= 15 is 0 Å². The van der Waals surface area contributed by atoms with Gasteiger partial charge in [0, 0.05) is 30.6 Å². The van der Waals surface area contributed by atoms with Crippen LogP contribution in [-0.2, 0) is 4.79 Å². The van der Waals surface area contributed by atoms with Gasteiger partial charge in [-0.3, -0.25) is 4.79 Å². The predicted octanol–water partition coefficient (Wildman–Crippen LogP) is 4.46. The van der Waals surface area contributed by atoms with Crippen LogP contribution in [0.3, 0.4) is 0 Å². The standard InChI is InChI=1S/C22H26F4N2O4/c23-19-11-17(32-12-14-7-9-28(10-8-14)21(30)31)5-6-18(19)15-1-3-16(4-2-15)20(29)27-13-22(24,25)26/h1,5-6,11,14,16H,2-4,7-10,12-13H2,(H,27,29)(H,30,31). The summed E-state index contributed by atoms with van der Waals surface area (Å²) < 4.78 is 57.1. The van der Waals surface area contributed by atoms with Crippen LogP contribution in [0.5, 0.6) is 5.75 Å². The maximum absolute atomic E-state index is 14.7. The van der Waals surface area contributed by atoms with E-state index in [1.54, 1.807) is 18.2 Å². The Bertz CT molecular complexity index is 864. The van der Waals surface area contributed by atoms with Crippen LogP contribution >= 0.6 is 0 Å². The molecule has 3 rings (SSSR count). The number of nitrogens with zero attached hydrogens (tertiary/aromatic N) is 1. The molecule has 1 aliphatic heterocycles. The summed E-state index contributed by atoms with van der Waals surface area (Å²) in [5.41, 5.74) is 1.11. The Morgan fingerprint density at radius 3 is 2.47 bits per heavy atom. The number of benzene rings is 1. The van der Waals surface area contributed by atoms with Crippen LogP contribution in [-0.4, -0.2) is 54.4 Å². The van der Waals surface area contributed by atoms with Crippen LogP contribution in [0.1, 0.15) is 37.7 Å². The Hall–Kier alpha value is -2.78. The highest BCUT2D eigenvalue weighted by atomic mass is 19.4. The minimum absolute atomic E-state index is 0.204. The van der Waals surface area contributed by atoms with Gasteiger partial charge in [0.15, 0.2) is 0 Å². The van der Waals surface area contributed by atoms with Gasteiger partial charge in [-0.2, -0.15) is 13.2 Å². The Morgan fingerprint density at radius 2 is 1.91 bits per heavy atom. The molecule has 2 N–H and O–H groups in total. The number of rotatable bonds is 6. The number of halogens is 4. The lowest BCUT2D eigenvalue weighted by Gasteiger charge is -2.29. The van der Waals surface area contributed by atoms with Crippen molar-refractivity contribution in [2.45, 2.75) is 38.3 Å². The molecular weight excluding hydrogens is 432 g/mol. The SMILES string of the molecule is O=C(NCC(F)(F)F)C1CC=C(c2ccc(OCC3CCN(C(=O)O)CC3)cc2F)CC1. The van der Waals surface area contributed by atoms with Gasteiger partial charge in [-0.05, 0) is 55.7 Å². The van der Waals surface area contributed by atoms with E-state index in [1.807, 2.05) is 5.32 Å². The highest BCUT2D eigenvalue weighted by Crippen LogP contribution is 2.33. The number of nitrogens with one attached hydrogen (secondary N) is 1. The minimum Gasteiger partial charge on any atom is -0.493 e. The lowest BCUT2D eigenvalue weighted by atomic mass is 9.86. The molecule has 0 radical (unpaired) electrons. The summed E-state index contributed by atoms with van der Waals surface area (Å²) in [6, 6.07) is 4.56. The molecule has 32 heavy (non-hydrogen) atoms. The summed E-state index contributed by atoms with van der Waals surface area (Å²) >= 11 is 0. The second kappa shape index (κ2) is 10.2. The molecular formula is C22H26F4N2O4. The molecule has 1 heterocycles. The first-order valence-corrected chi connectivity index (χ1v) is 10.6. The number of carboxylic acid groups (broad SMARTS) is 1. The number of alkyl halides is 3. The quantitative estimate of drug-likeness (QED) is 0.617. The third-order valence-corrected chi connectivity index (χ3v) is 5.90. The van der Waals surface area contributed by atoms with Crippen molar-refractivity contribution in [2.24, 2.45) is 11.8 Å². The van der Waals surface area contributed by atoms with Crippen LogP contribution in [0.4, 0.5) is 22.4 Å². The number of hydrogen-bond donors (Lipinski definition) is 2. The summed E-state index contributed by atoms with van der Waals surface area (Å²) in [5, 5.41) is 10.9. The fourth-order valence-electron chi connectivity index (χ4n) is 4.00. The van der Waals surface area contributed by atoms with Gasteiger partial charge in [0.25, 0.3) is 0 Å². The number of carbonyl (C=O) groups excluding carboxylic acids is 1. The third kappa shape index (κ3) is 6.61. The molecule has 6 nitrogen and oxygen atoms in total. The van der Waals surface area contributed by atoms with Crippen molar-refractivity contribution in [3.8, 4) is 5.75 Å². The lowest BCUT2D eigenvalue weighted by Crippen LogP contribution is -2.38. The zero-order valence-corrected chi connectivity index (χ0v) is 17.5. The Balaban J connectivity index is 1.50. The highest BCUT2D eigenvalue weighted by Gasteiger charge is 2.30. The fourth-order valence-corrected chi connectivity index (χ4v) is 4.00. The number of allylic oxidation sites excluding steroid dienone is 2. The van der Waals surface area contributed by atoms with Crippen LogP contribution in [0.15, 0.2) is 24.3 Å². The van der Waals surface area contributed by atoms with E-state index in [1.165, 1.54) is 11.0 Å². The number of ether oxygens (including phenoxy) is 1. The summed E-state index contributed by atoms with van der Waals surface area (Å²) in [5.74, 6) is -1.08. The summed E-state index contributed by atoms with van der Waals surface area (Å²) in [7, 11) is 0. The first kappa shape index (κ1) is 23.9. The zero-order chi connectivity index (χ0) is 23.3. The van der Waals surface area contributed by atoms with E-state index in [0.717, 1.165) is 5.57 Å². The molecule has 1 atom stereocenters. The van der Waals surface area contributed by atoms with Crippen molar-refractivity contribution >= 4 is 17.6 Å². The first-order valence-electron chi connectivity index (χ1n) is 10.6. The summed E-state index contributed by atoms with van der Waals surface area (Å²) in [4.78, 5) is 24.2. The smallest absolute Gasteiger partial charge is 0.407 e. The van der Waals surface area contributed by atoms with Crippen molar-refractivity contribution in [1.82, 2.24) is 10.2 Å². The molecule has 1 saturated heterocycles. The highest BCUT2D eigenvalue weighted by molar-refractivity contribution is 5.80. The van der Waals surface area contributed by atoms with Crippen LogP contribution in [0, 0.1) is 17.7 Å². The molecule has 2 aliphatic rings. The number of piperidine rings is 1. The molecule has 10 heteroatoms. The first-order chi connectivity index (χ1) is 15.1. The van der Waals surface area contributed by atoms with Crippen molar-refractivity contribution < 1.29 is 37.0 Å². The van der Waals surface area contributed by atoms with Crippen LogP contribution in [0.2, 0.25) is 0 Å². The summed E-state index contributed by atoms with van der Waals surface area (Å²) in [6.07, 6.45) is -1.29. The predicted molar refractivity (Wildman–Crippen MR) is 109 cm³/mol. The Kier molecular flexibility index (Phi) is 7.63. The largest absolute Gasteiger partial charge is 0.493 e. The molecule has 1 aliphatic carbocycles. The van der Waals surface area contributed by atoms with E-state index in [9.17, 15) is 27.2 Å². The van der Waals surface area contributed by atoms with Gasteiger partial charge < -0.3 is 20.1 Å². The number of carbonyl (C=O) groups is 2. The molecule has 0 aromatic heterocycles. The molecule has 1 aromatic carbocycles. The fraction of sp³-hybridized carbons (Fsp3) is 0.545.